The molecular formula is C20H15Cl2F3N2O4. The van der Waals surface area contributed by atoms with Gasteiger partial charge < -0.3 is 15.0 Å². The van der Waals surface area contributed by atoms with Crippen LogP contribution in [-0.2, 0) is 25.3 Å². The van der Waals surface area contributed by atoms with Gasteiger partial charge in [0.1, 0.15) is 0 Å². The molecule has 0 aromatic heterocycles. The number of nitrogens with one attached hydrogen (secondary N) is 1. The first-order chi connectivity index (χ1) is 14.6. The fourth-order valence-electron chi connectivity index (χ4n) is 3.07. The lowest BCUT2D eigenvalue weighted by Gasteiger charge is -2.18. The Morgan fingerprint density at radius 1 is 1.16 bits per heavy atom. The third-order valence-corrected chi connectivity index (χ3v) is 5.06. The quantitative estimate of drug-likeness (QED) is 0.645. The van der Waals surface area contributed by atoms with Crippen LogP contribution in [0.15, 0.2) is 42.5 Å². The first-order valence-electron chi connectivity index (χ1n) is 8.94. The summed E-state index contributed by atoms with van der Waals surface area (Å²) in [5.74, 6) is -3.01. The number of ether oxygens (including phenoxy) is 1. The minimum atomic E-state index is -4.66. The Balaban J connectivity index is 1.59. The highest BCUT2D eigenvalue weighted by Gasteiger charge is 2.37. The standard InChI is InChI=1S/C20H15Cl2F3N2O4/c21-12-5-6-14(22)16(8-12)27-9-11(7-18(27)29)19(30)31-10-17(28)26-15-4-2-1-3-13(15)20(23,24)25/h1-6,8,11H,7,9-10H2,(H,26,28)/t11-/m1/s1. The number of nitrogens with zero attached hydrogens (tertiary/aromatic N) is 1. The van der Waals surface area contributed by atoms with Crippen molar-refractivity contribution < 1.29 is 32.3 Å². The molecule has 11 heteroatoms. The van der Waals surface area contributed by atoms with Crippen LogP contribution in [0.5, 0.6) is 0 Å². The first kappa shape index (κ1) is 22.9. The van der Waals surface area contributed by atoms with Gasteiger partial charge in [-0.05, 0) is 30.3 Å². The Kier molecular flexibility index (Phi) is 6.76. The molecule has 1 atom stereocenters. The summed E-state index contributed by atoms with van der Waals surface area (Å²) in [4.78, 5) is 37.8. The molecule has 1 fully saturated rings. The molecule has 164 valence electrons. The Hall–Kier alpha value is -2.78. The summed E-state index contributed by atoms with van der Waals surface area (Å²) in [5, 5.41) is 2.70. The lowest BCUT2D eigenvalue weighted by Crippen LogP contribution is -2.28. The SMILES string of the molecule is O=C(COC(=O)[C@@H]1CC(=O)N(c2cc(Cl)ccc2Cl)C1)Nc1ccccc1C(F)(F)F. The van der Waals surface area contributed by atoms with Gasteiger partial charge in [-0.2, -0.15) is 13.2 Å². The molecule has 1 N–H and O–H groups in total. The molecule has 2 amide bonds. The predicted molar refractivity (Wildman–Crippen MR) is 108 cm³/mol. The summed E-state index contributed by atoms with van der Waals surface area (Å²) >= 11 is 12.0. The van der Waals surface area contributed by atoms with Crippen LogP contribution in [0, 0.1) is 5.92 Å². The predicted octanol–water partition coefficient (Wildman–Crippen LogP) is 4.55. The lowest BCUT2D eigenvalue weighted by molar-refractivity contribution is -0.151. The van der Waals surface area contributed by atoms with Crippen molar-refractivity contribution in [2.75, 3.05) is 23.4 Å². The van der Waals surface area contributed by atoms with E-state index in [-0.39, 0.29) is 23.9 Å². The highest BCUT2D eigenvalue weighted by atomic mass is 35.5. The van der Waals surface area contributed by atoms with E-state index in [0.29, 0.717) is 10.7 Å². The van der Waals surface area contributed by atoms with Gasteiger partial charge in [0.2, 0.25) is 5.91 Å². The highest BCUT2D eigenvalue weighted by molar-refractivity contribution is 6.35. The van der Waals surface area contributed by atoms with Gasteiger partial charge in [0.25, 0.3) is 5.91 Å². The maximum absolute atomic E-state index is 13.0. The van der Waals surface area contributed by atoms with E-state index in [2.05, 4.69) is 5.32 Å². The maximum Gasteiger partial charge on any atom is 0.418 e. The number of amides is 2. The summed E-state index contributed by atoms with van der Waals surface area (Å²) < 4.78 is 43.9. The van der Waals surface area contributed by atoms with Gasteiger partial charge in [0.15, 0.2) is 6.61 Å². The number of carbonyl (C=O) groups is 3. The molecule has 6 nitrogen and oxygen atoms in total. The summed E-state index contributed by atoms with van der Waals surface area (Å²) in [6.07, 6.45) is -4.82. The van der Waals surface area contributed by atoms with E-state index in [0.717, 1.165) is 12.1 Å². The van der Waals surface area contributed by atoms with Gasteiger partial charge in [0.05, 0.1) is 27.9 Å². The molecule has 0 radical (unpaired) electrons. The first-order valence-corrected chi connectivity index (χ1v) is 9.70. The van der Waals surface area contributed by atoms with Crippen LogP contribution in [0.1, 0.15) is 12.0 Å². The molecular weight excluding hydrogens is 460 g/mol. The summed E-state index contributed by atoms with van der Waals surface area (Å²) in [6, 6.07) is 8.98. The molecule has 1 heterocycles. The van der Waals surface area contributed by atoms with Crippen molar-refractivity contribution in [3.8, 4) is 0 Å². The molecule has 1 aliphatic rings. The van der Waals surface area contributed by atoms with Crippen LogP contribution >= 0.6 is 23.2 Å². The summed E-state index contributed by atoms with van der Waals surface area (Å²) in [6.45, 7) is -0.829. The molecule has 0 bridgehead atoms. The number of para-hydroxylation sites is 1. The molecule has 2 aromatic rings. The van der Waals surface area contributed by atoms with E-state index in [1.807, 2.05) is 0 Å². The lowest BCUT2D eigenvalue weighted by atomic mass is 10.1. The van der Waals surface area contributed by atoms with E-state index >= 15 is 0 Å². The van der Waals surface area contributed by atoms with Gasteiger partial charge in [-0.3, -0.25) is 14.4 Å². The summed E-state index contributed by atoms with van der Waals surface area (Å²) in [7, 11) is 0. The third kappa shape index (κ3) is 5.48. The molecule has 2 aromatic carbocycles. The third-order valence-electron chi connectivity index (χ3n) is 4.51. The van der Waals surface area contributed by atoms with E-state index in [4.69, 9.17) is 27.9 Å². The molecule has 31 heavy (non-hydrogen) atoms. The van der Waals surface area contributed by atoms with Crippen LogP contribution in [-0.4, -0.2) is 30.9 Å². The smallest absolute Gasteiger partial charge is 0.418 e. The van der Waals surface area contributed by atoms with Crippen LogP contribution in [0.3, 0.4) is 0 Å². The molecule has 0 unspecified atom stereocenters. The zero-order valence-corrected chi connectivity index (χ0v) is 17.2. The number of carbonyl (C=O) groups excluding carboxylic acids is 3. The number of anilines is 2. The number of rotatable bonds is 5. The van der Waals surface area contributed by atoms with Gasteiger partial charge in [-0.1, -0.05) is 35.3 Å². The van der Waals surface area contributed by atoms with E-state index in [9.17, 15) is 27.6 Å². The minimum Gasteiger partial charge on any atom is -0.455 e. The van der Waals surface area contributed by atoms with Crippen LogP contribution in [0.4, 0.5) is 24.5 Å². The van der Waals surface area contributed by atoms with Crippen molar-refractivity contribution in [3.63, 3.8) is 0 Å². The van der Waals surface area contributed by atoms with Crippen molar-refractivity contribution in [2.45, 2.75) is 12.6 Å². The topological polar surface area (TPSA) is 75.7 Å². The van der Waals surface area contributed by atoms with E-state index < -0.39 is 41.8 Å². The second kappa shape index (κ2) is 9.15. The fourth-order valence-corrected chi connectivity index (χ4v) is 3.46. The Bertz CT molecular complexity index is 1030. The van der Waals surface area contributed by atoms with Crippen molar-refractivity contribution in [1.29, 1.82) is 0 Å². The number of alkyl halides is 3. The highest BCUT2D eigenvalue weighted by Crippen LogP contribution is 2.35. The van der Waals surface area contributed by atoms with E-state index in [1.165, 1.54) is 29.2 Å². The average molecular weight is 475 g/mol. The normalized spacial score (nSPS) is 16.4. The monoisotopic (exact) mass is 474 g/mol. The number of esters is 1. The second-order valence-corrected chi connectivity index (χ2v) is 7.54. The Morgan fingerprint density at radius 2 is 1.87 bits per heavy atom. The van der Waals surface area contributed by atoms with Crippen LogP contribution in [0.2, 0.25) is 10.0 Å². The minimum absolute atomic E-state index is 0.0315. The molecule has 3 rings (SSSR count). The fraction of sp³-hybridized carbons (Fsp3) is 0.250. The molecule has 1 saturated heterocycles. The number of halogens is 5. The summed E-state index contributed by atoms with van der Waals surface area (Å²) in [5.41, 5.74) is -1.13. The zero-order valence-electron chi connectivity index (χ0n) is 15.7. The Labute approximate surface area is 184 Å². The number of hydrogen-bond donors (Lipinski definition) is 1. The van der Waals surface area contributed by atoms with Gasteiger partial charge in [-0.25, -0.2) is 0 Å². The van der Waals surface area contributed by atoms with Crippen LogP contribution in [0.25, 0.3) is 0 Å². The van der Waals surface area contributed by atoms with Crippen LogP contribution < -0.4 is 10.2 Å². The van der Waals surface area contributed by atoms with Crippen molar-refractivity contribution in [3.05, 3.63) is 58.1 Å². The number of benzene rings is 2. The van der Waals surface area contributed by atoms with Gasteiger partial charge in [0, 0.05) is 18.0 Å². The Morgan fingerprint density at radius 3 is 2.58 bits per heavy atom. The van der Waals surface area contributed by atoms with Gasteiger partial charge >= 0.3 is 12.1 Å². The van der Waals surface area contributed by atoms with Gasteiger partial charge in [-0.15, -0.1) is 0 Å². The van der Waals surface area contributed by atoms with Crippen molar-refractivity contribution in [2.24, 2.45) is 5.92 Å². The number of hydrogen-bond acceptors (Lipinski definition) is 4. The van der Waals surface area contributed by atoms with E-state index in [1.54, 1.807) is 6.07 Å². The average Bonchev–Trinajstić information content (AvgIpc) is 3.09. The van der Waals surface area contributed by atoms with Crippen molar-refractivity contribution in [1.82, 2.24) is 0 Å². The molecule has 0 saturated carbocycles. The van der Waals surface area contributed by atoms with Crippen molar-refractivity contribution >= 4 is 52.4 Å². The molecule has 0 spiro atoms. The largest absolute Gasteiger partial charge is 0.455 e. The molecule has 1 aliphatic heterocycles. The second-order valence-electron chi connectivity index (χ2n) is 6.70. The maximum atomic E-state index is 13.0. The molecule has 0 aliphatic carbocycles. The zero-order chi connectivity index (χ0) is 22.8.